The minimum Gasteiger partial charge on any atom is -0.358 e. The molecular formula is C24H44MoSi2. The summed E-state index contributed by atoms with van der Waals surface area (Å²) in [4.78, 5) is 0. The quantitative estimate of drug-likeness (QED) is 0.276. The molecule has 0 nitrogen and oxygen atoms in total. The fraction of sp³-hybridized carbons (Fsp3) is 0.500. The van der Waals surface area contributed by atoms with Crippen molar-refractivity contribution >= 4 is 26.5 Å². The molecular weight excluding hydrogens is 440 g/mol. The molecule has 2 rings (SSSR count). The average molecular weight is 485 g/mol. The summed E-state index contributed by atoms with van der Waals surface area (Å²) in [6.07, 6.45) is 0. The van der Waals surface area contributed by atoms with Crippen molar-refractivity contribution in [3.63, 3.8) is 0 Å². The molecule has 0 saturated heterocycles. The van der Waals surface area contributed by atoms with Gasteiger partial charge in [-0.15, -0.1) is 0 Å². The van der Waals surface area contributed by atoms with Gasteiger partial charge in [0.2, 0.25) is 0 Å². The van der Waals surface area contributed by atoms with Crippen LogP contribution in [0.1, 0.15) is 41.5 Å². The molecule has 0 N–H and O–H groups in total. The topological polar surface area (TPSA) is 0 Å². The van der Waals surface area contributed by atoms with E-state index in [1.54, 1.807) is 10.4 Å². The average Bonchev–Trinajstić information content (AvgIpc) is 3.34. The van der Waals surface area contributed by atoms with E-state index in [0.717, 1.165) is 0 Å². The second kappa shape index (κ2) is 15.7. The van der Waals surface area contributed by atoms with Gasteiger partial charge in [-0.25, -0.2) is 24.3 Å². The van der Waals surface area contributed by atoms with Crippen LogP contribution in [0.2, 0.25) is 36.3 Å². The van der Waals surface area contributed by atoms with Crippen LogP contribution in [0.5, 0.6) is 0 Å². The van der Waals surface area contributed by atoms with Crippen LogP contribution in [0.4, 0.5) is 0 Å². The Morgan fingerprint density at radius 3 is 0.815 bits per heavy atom. The number of rotatable bonds is 8. The molecule has 0 fully saturated rings. The number of hydrogen-bond donors (Lipinski definition) is 0. The minimum atomic E-state index is -1.04. The fourth-order valence-corrected chi connectivity index (χ4v) is 11.4. The third-order valence-electron chi connectivity index (χ3n) is 6.61. The first-order valence-electron chi connectivity index (χ1n) is 10.0. The molecule has 0 unspecified atom stereocenters. The molecule has 0 bridgehead atoms. The minimum absolute atomic E-state index is 0. The summed E-state index contributed by atoms with van der Waals surface area (Å²) in [6, 6.07) is 26.4. The Hall–Kier alpha value is -0.178. The largest absolute Gasteiger partial charge is 4.00 e. The van der Waals surface area contributed by atoms with E-state index in [0.29, 0.717) is 0 Å². The first-order chi connectivity index (χ1) is 11.6. The Bertz CT molecular complexity index is 454. The van der Waals surface area contributed by atoms with E-state index < -0.39 is 16.1 Å². The van der Waals surface area contributed by atoms with Crippen LogP contribution in [-0.2, 0) is 21.1 Å². The zero-order valence-corrected chi connectivity index (χ0v) is 23.3. The van der Waals surface area contributed by atoms with Gasteiger partial charge in [0, 0.05) is 16.1 Å². The van der Waals surface area contributed by atoms with Gasteiger partial charge >= 0.3 is 21.1 Å². The van der Waals surface area contributed by atoms with E-state index in [9.17, 15) is 0 Å². The van der Waals surface area contributed by atoms with Crippen molar-refractivity contribution in [3.05, 3.63) is 63.4 Å². The zero-order valence-electron chi connectivity index (χ0n) is 19.3. The van der Waals surface area contributed by atoms with E-state index in [2.05, 4.69) is 90.1 Å². The summed E-state index contributed by atoms with van der Waals surface area (Å²) in [5.74, 6) is 0. The molecule has 2 aromatic rings. The molecule has 0 saturated carbocycles. The summed E-state index contributed by atoms with van der Waals surface area (Å²) in [5, 5.41) is 3.32. The summed E-state index contributed by atoms with van der Waals surface area (Å²) < 4.78 is 0. The van der Waals surface area contributed by atoms with Crippen molar-refractivity contribution in [2.45, 2.75) is 77.8 Å². The summed E-state index contributed by atoms with van der Waals surface area (Å²) in [7, 11) is -2.08. The maximum Gasteiger partial charge on any atom is 4.00 e. The Morgan fingerprint density at radius 1 is 0.481 bits per heavy atom. The maximum absolute atomic E-state index is 2.35. The monoisotopic (exact) mass is 486 g/mol. The zero-order chi connectivity index (χ0) is 18.1. The smallest absolute Gasteiger partial charge is 0.358 e. The van der Waals surface area contributed by atoms with Crippen LogP contribution in [0.25, 0.3) is 0 Å². The van der Waals surface area contributed by atoms with E-state index in [1.807, 2.05) is 0 Å². The van der Waals surface area contributed by atoms with Gasteiger partial charge in [-0.05, 0) is 0 Å². The van der Waals surface area contributed by atoms with E-state index >= 15 is 0 Å². The molecule has 0 spiro atoms. The van der Waals surface area contributed by atoms with Crippen molar-refractivity contribution in [1.29, 1.82) is 0 Å². The van der Waals surface area contributed by atoms with Gasteiger partial charge in [-0.1, -0.05) is 77.8 Å². The van der Waals surface area contributed by atoms with Gasteiger partial charge in [0.1, 0.15) is 0 Å². The van der Waals surface area contributed by atoms with Crippen LogP contribution in [0, 0.1) is 14.9 Å². The van der Waals surface area contributed by atoms with Crippen LogP contribution in [-0.4, -0.2) is 16.1 Å². The molecule has 154 valence electrons. The molecule has 0 amide bonds. The molecule has 0 atom stereocenters. The second-order valence-corrected chi connectivity index (χ2v) is 17.5. The van der Waals surface area contributed by atoms with Crippen LogP contribution in [0.3, 0.4) is 0 Å². The fourth-order valence-electron chi connectivity index (χ4n) is 4.18. The van der Waals surface area contributed by atoms with Gasteiger partial charge in [0.05, 0.1) is 0 Å². The van der Waals surface area contributed by atoms with Crippen molar-refractivity contribution < 1.29 is 21.1 Å². The predicted octanol–water partition coefficient (Wildman–Crippen LogP) is 7.14. The standard InChI is InChI=1S/2C11H19Si.2CH3.Mo/c2*1-4-12(5-2,6-3)11-9-7-8-10-11;;;/h2*7-10H,4-6H2,1-3H3;2*1H3;/q4*-1;+4. The molecule has 0 aromatic heterocycles. The van der Waals surface area contributed by atoms with E-state index in [1.165, 1.54) is 36.3 Å². The van der Waals surface area contributed by atoms with Gasteiger partial charge in [0.15, 0.2) is 0 Å². The molecule has 0 heterocycles. The maximum atomic E-state index is 2.35. The Kier molecular flexibility index (Phi) is 18.3. The van der Waals surface area contributed by atoms with E-state index in [4.69, 9.17) is 0 Å². The van der Waals surface area contributed by atoms with Gasteiger partial charge in [-0.2, -0.15) is 34.6 Å². The van der Waals surface area contributed by atoms with Crippen molar-refractivity contribution in [2.75, 3.05) is 0 Å². The van der Waals surface area contributed by atoms with Crippen LogP contribution < -0.4 is 10.4 Å². The molecule has 27 heavy (non-hydrogen) atoms. The second-order valence-electron chi connectivity index (χ2n) is 7.03. The normalized spacial score (nSPS) is 10.6. The van der Waals surface area contributed by atoms with Crippen LogP contribution in [0.15, 0.2) is 48.5 Å². The van der Waals surface area contributed by atoms with Gasteiger partial charge in [-0.3, -0.25) is 0 Å². The van der Waals surface area contributed by atoms with Gasteiger partial charge in [0.25, 0.3) is 0 Å². The third-order valence-corrected chi connectivity index (χ3v) is 17.8. The Labute approximate surface area is 188 Å². The molecule has 0 radical (unpaired) electrons. The van der Waals surface area contributed by atoms with E-state index in [-0.39, 0.29) is 35.9 Å². The molecule has 0 aliphatic rings. The summed E-state index contributed by atoms with van der Waals surface area (Å²) in [6.45, 7) is 14.1. The third kappa shape index (κ3) is 7.63. The molecule has 3 heteroatoms. The number of hydrogen-bond acceptors (Lipinski definition) is 0. The SMILES string of the molecule is CC[Si](CC)(CC)[c-]1cccc1.CC[Si](CC)(CC)[c-]1cccc1.[CH3-].[CH3-].[Mo+4]. The molecule has 0 aliphatic carbocycles. The molecule has 2 aromatic carbocycles. The predicted molar refractivity (Wildman–Crippen MR) is 131 cm³/mol. The first kappa shape index (κ1) is 31.5. The summed E-state index contributed by atoms with van der Waals surface area (Å²) >= 11 is 0. The Morgan fingerprint density at radius 2 is 0.667 bits per heavy atom. The molecule has 0 aliphatic heterocycles. The first-order valence-corrected chi connectivity index (χ1v) is 15.3. The van der Waals surface area contributed by atoms with Gasteiger partial charge < -0.3 is 14.9 Å². The Balaban J connectivity index is -0.000000384. The van der Waals surface area contributed by atoms with Crippen molar-refractivity contribution in [1.82, 2.24) is 0 Å². The summed E-state index contributed by atoms with van der Waals surface area (Å²) in [5.41, 5.74) is 0. The van der Waals surface area contributed by atoms with Crippen molar-refractivity contribution in [2.24, 2.45) is 0 Å². The van der Waals surface area contributed by atoms with Crippen molar-refractivity contribution in [3.8, 4) is 0 Å². The van der Waals surface area contributed by atoms with Crippen LogP contribution >= 0.6 is 0 Å².